The molecule has 2 rings (SSSR count). The Balaban J connectivity index is 2.43. The van der Waals surface area contributed by atoms with Crippen molar-refractivity contribution in [2.24, 2.45) is 0 Å². The lowest BCUT2D eigenvalue weighted by Gasteiger charge is -2.16. The minimum atomic E-state index is -5.10. The minimum absolute atomic E-state index is 0.0643. The molecule has 0 bridgehead atoms. The third kappa shape index (κ3) is 4.06. The van der Waals surface area contributed by atoms with Crippen LogP contribution in [0.3, 0.4) is 0 Å². The molecule has 0 aliphatic carbocycles. The highest BCUT2D eigenvalue weighted by molar-refractivity contribution is 6.05. The molecule has 128 valence electrons. The van der Waals surface area contributed by atoms with Crippen LogP contribution in [-0.4, -0.2) is 5.91 Å². The Labute approximate surface area is 133 Å². The predicted octanol–water partition coefficient (Wildman–Crippen LogP) is 5.28. The van der Waals surface area contributed by atoms with Crippen LogP contribution in [0.25, 0.3) is 0 Å². The largest absolute Gasteiger partial charge is 0.417 e. The van der Waals surface area contributed by atoms with Crippen LogP contribution >= 0.6 is 0 Å². The predicted molar refractivity (Wildman–Crippen MR) is 75.6 cm³/mol. The molecule has 0 aromatic heterocycles. The van der Waals surface area contributed by atoms with E-state index >= 15 is 0 Å². The van der Waals surface area contributed by atoms with E-state index in [1.54, 1.807) is 19.1 Å². The highest BCUT2D eigenvalue weighted by atomic mass is 19.4. The van der Waals surface area contributed by atoms with Gasteiger partial charge in [0, 0.05) is 5.69 Å². The average molecular weight is 347 g/mol. The first-order valence-corrected chi connectivity index (χ1v) is 6.65. The first-order valence-electron chi connectivity index (χ1n) is 6.65. The highest BCUT2D eigenvalue weighted by Crippen LogP contribution is 2.37. The van der Waals surface area contributed by atoms with Crippen molar-refractivity contribution < 1.29 is 31.1 Å². The number of rotatable bonds is 2. The summed E-state index contributed by atoms with van der Waals surface area (Å²) >= 11 is 0. The number of aryl methyl sites for hydroxylation is 1. The number of hydrogen-bond acceptors (Lipinski definition) is 1. The summed E-state index contributed by atoms with van der Waals surface area (Å²) in [6.45, 7) is 1.72. The second-order valence-electron chi connectivity index (χ2n) is 5.08. The Hall–Kier alpha value is -2.51. The fourth-order valence-corrected chi connectivity index (χ4v) is 2.07. The summed E-state index contributed by atoms with van der Waals surface area (Å²) in [6, 6.07) is 7.19. The van der Waals surface area contributed by atoms with Gasteiger partial charge in [-0.05, 0) is 42.8 Å². The number of halogens is 6. The van der Waals surface area contributed by atoms with E-state index < -0.39 is 35.0 Å². The van der Waals surface area contributed by atoms with Gasteiger partial charge in [0.1, 0.15) is 0 Å². The lowest BCUT2D eigenvalue weighted by Crippen LogP contribution is -2.20. The van der Waals surface area contributed by atoms with Crippen LogP contribution in [-0.2, 0) is 12.4 Å². The zero-order valence-corrected chi connectivity index (χ0v) is 12.2. The van der Waals surface area contributed by atoms with Crippen LogP contribution in [0.5, 0.6) is 0 Å². The monoisotopic (exact) mass is 347 g/mol. The van der Waals surface area contributed by atoms with E-state index in [-0.39, 0.29) is 11.8 Å². The van der Waals surface area contributed by atoms with Crippen molar-refractivity contribution in [2.45, 2.75) is 19.3 Å². The lowest BCUT2D eigenvalue weighted by molar-refractivity contribution is -0.143. The third-order valence-corrected chi connectivity index (χ3v) is 3.17. The Morgan fingerprint density at radius 2 is 1.58 bits per heavy atom. The summed E-state index contributed by atoms with van der Waals surface area (Å²) in [5, 5.41) is 2.25. The van der Waals surface area contributed by atoms with Gasteiger partial charge in [-0.2, -0.15) is 26.3 Å². The number of alkyl halides is 6. The van der Waals surface area contributed by atoms with Crippen LogP contribution in [0.1, 0.15) is 27.0 Å². The van der Waals surface area contributed by atoms with E-state index in [1.165, 1.54) is 12.1 Å². The van der Waals surface area contributed by atoms with E-state index in [1.807, 2.05) is 0 Å². The van der Waals surface area contributed by atoms with Crippen LogP contribution < -0.4 is 5.32 Å². The van der Waals surface area contributed by atoms with Gasteiger partial charge in [-0.3, -0.25) is 4.79 Å². The average Bonchev–Trinajstić information content (AvgIpc) is 2.44. The molecule has 0 spiro atoms. The van der Waals surface area contributed by atoms with Gasteiger partial charge in [-0.15, -0.1) is 0 Å². The smallest absolute Gasteiger partial charge is 0.322 e. The number of carbonyl (C=O) groups is 1. The fourth-order valence-electron chi connectivity index (χ4n) is 2.07. The maximum atomic E-state index is 13.0. The maximum Gasteiger partial charge on any atom is 0.417 e. The normalized spacial score (nSPS) is 12.1. The molecule has 0 radical (unpaired) electrons. The molecule has 1 amide bonds. The second kappa shape index (κ2) is 6.18. The van der Waals surface area contributed by atoms with Crippen molar-refractivity contribution in [1.29, 1.82) is 0 Å². The van der Waals surface area contributed by atoms with Gasteiger partial charge < -0.3 is 5.32 Å². The summed E-state index contributed by atoms with van der Waals surface area (Å²) in [4.78, 5) is 12.1. The number of nitrogens with one attached hydrogen (secondary N) is 1. The van der Waals surface area contributed by atoms with Crippen molar-refractivity contribution in [2.75, 3.05) is 5.32 Å². The number of amides is 1. The fraction of sp³-hybridized carbons (Fsp3) is 0.188. The Bertz CT molecular complexity index is 764. The molecule has 0 atom stereocenters. The second-order valence-corrected chi connectivity index (χ2v) is 5.08. The minimum Gasteiger partial charge on any atom is -0.322 e. The summed E-state index contributed by atoms with van der Waals surface area (Å²) in [6.07, 6.45) is -10.0. The molecule has 1 N–H and O–H groups in total. The molecular formula is C16H11F6NO. The first kappa shape index (κ1) is 17.8. The van der Waals surface area contributed by atoms with Crippen molar-refractivity contribution in [3.8, 4) is 0 Å². The molecule has 2 aromatic rings. The molecule has 0 fully saturated rings. The van der Waals surface area contributed by atoms with Crippen LogP contribution in [0.4, 0.5) is 32.0 Å². The summed E-state index contributed by atoms with van der Waals surface area (Å²) < 4.78 is 76.9. The Morgan fingerprint density at radius 3 is 2.12 bits per heavy atom. The van der Waals surface area contributed by atoms with Gasteiger partial charge in [0.15, 0.2) is 0 Å². The molecule has 0 saturated heterocycles. The molecule has 0 aliphatic heterocycles. The molecule has 8 heteroatoms. The molecular weight excluding hydrogens is 336 g/mol. The Morgan fingerprint density at radius 1 is 0.917 bits per heavy atom. The zero-order chi connectivity index (χ0) is 18.1. The number of benzene rings is 2. The quantitative estimate of drug-likeness (QED) is 0.736. The van der Waals surface area contributed by atoms with E-state index in [9.17, 15) is 31.1 Å². The molecule has 0 saturated carbocycles. The zero-order valence-electron chi connectivity index (χ0n) is 12.2. The molecule has 0 unspecified atom stereocenters. The molecule has 2 nitrogen and oxygen atoms in total. The van der Waals surface area contributed by atoms with Gasteiger partial charge in [-0.1, -0.05) is 12.1 Å². The SMILES string of the molecule is Cc1cccc(NC(=O)c2ccc(C(F)(F)F)cc2C(F)(F)F)c1. The van der Waals surface area contributed by atoms with Crippen molar-refractivity contribution in [1.82, 2.24) is 0 Å². The first-order chi connectivity index (χ1) is 11.0. The van der Waals surface area contributed by atoms with Gasteiger partial charge in [0.2, 0.25) is 0 Å². The van der Waals surface area contributed by atoms with Gasteiger partial charge in [0.05, 0.1) is 16.7 Å². The maximum absolute atomic E-state index is 13.0. The van der Waals surface area contributed by atoms with Gasteiger partial charge in [0.25, 0.3) is 5.91 Å². The van der Waals surface area contributed by atoms with E-state index in [4.69, 9.17) is 0 Å². The standard InChI is InChI=1S/C16H11F6NO/c1-9-3-2-4-11(7-9)23-14(24)12-6-5-10(15(17,18)19)8-13(12)16(20,21)22/h2-8H,1H3,(H,23,24). The van der Waals surface area contributed by atoms with E-state index in [0.29, 0.717) is 12.1 Å². The molecule has 0 aliphatic rings. The number of hydrogen-bond donors (Lipinski definition) is 1. The van der Waals surface area contributed by atoms with Crippen LogP contribution in [0, 0.1) is 6.92 Å². The van der Waals surface area contributed by atoms with Gasteiger partial charge in [-0.25, -0.2) is 0 Å². The molecule has 2 aromatic carbocycles. The molecule has 0 heterocycles. The van der Waals surface area contributed by atoms with Crippen molar-refractivity contribution in [3.63, 3.8) is 0 Å². The van der Waals surface area contributed by atoms with Crippen LogP contribution in [0.15, 0.2) is 42.5 Å². The number of anilines is 1. The summed E-state index contributed by atoms with van der Waals surface area (Å²) in [5.74, 6) is -1.14. The van der Waals surface area contributed by atoms with Gasteiger partial charge >= 0.3 is 12.4 Å². The van der Waals surface area contributed by atoms with Crippen molar-refractivity contribution >= 4 is 11.6 Å². The summed E-state index contributed by atoms with van der Waals surface area (Å²) in [7, 11) is 0. The third-order valence-electron chi connectivity index (χ3n) is 3.17. The topological polar surface area (TPSA) is 29.1 Å². The highest BCUT2D eigenvalue weighted by Gasteiger charge is 2.39. The molecule has 24 heavy (non-hydrogen) atoms. The summed E-state index contributed by atoms with van der Waals surface area (Å²) in [5.41, 5.74) is -2.98. The van der Waals surface area contributed by atoms with Crippen molar-refractivity contribution in [3.05, 3.63) is 64.7 Å². The Kier molecular flexibility index (Phi) is 4.59. The number of carbonyl (C=O) groups excluding carboxylic acids is 1. The lowest BCUT2D eigenvalue weighted by atomic mass is 10.0. The van der Waals surface area contributed by atoms with E-state index in [0.717, 1.165) is 5.56 Å². The van der Waals surface area contributed by atoms with E-state index in [2.05, 4.69) is 5.32 Å². The van der Waals surface area contributed by atoms with Crippen LogP contribution in [0.2, 0.25) is 0 Å².